The third-order valence-electron chi connectivity index (χ3n) is 3.46. The topological polar surface area (TPSA) is 33.7 Å². The van der Waals surface area contributed by atoms with Crippen LogP contribution in [0, 0.1) is 0 Å². The Labute approximate surface area is 110 Å². The molecule has 0 aliphatic carbocycles. The third kappa shape index (κ3) is 2.53. The zero-order valence-corrected chi connectivity index (χ0v) is 11.6. The molecule has 102 valence electrons. The van der Waals surface area contributed by atoms with Gasteiger partial charge in [-0.25, -0.2) is 0 Å². The van der Waals surface area contributed by atoms with Gasteiger partial charge in [-0.05, 0) is 38.7 Å². The molecule has 1 N–H and O–H groups in total. The van der Waals surface area contributed by atoms with Gasteiger partial charge in [0.1, 0.15) is 0 Å². The van der Waals surface area contributed by atoms with E-state index in [1.807, 2.05) is 6.07 Å². The lowest BCUT2D eigenvalue weighted by atomic mass is 9.97. The molecule has 1 aromatic carbocycles. The van der Waals surface area contributed by atoms with Gasteiger partial charge in [-0.3, -0.25) is 0 Å². The van der Waals surface area contributed by atoms with Gasteiger partial charge in [0.05, 0.1) is 14.2 Å². The molecule has 0 radical (unpaired) electrons. The summed E-state index contributed by atoms with van der Waals surface area (Å²) in [4.78, 5) is 2.22. The highest BCUT2D eigenvalue weighted by atomic mass is 16.5. The number of anilines is 1. The summed E-state index contributed by atoms with van der Waals surface area (Å²) < 4.78 is 10.7. The third-order valence-corrected chi connectivity index (χ3v) is 3.46. The van der Waals surface area contributed by atoms with Crippen LogP contribution in [0.3, 0.4) is 0 Å². The predicted octanol–water partition coefficient (Wildman–Crippen LogP) is 2.41. The highest BCUT2D eigenvalue weighted by Gasteiger charge is 2.24. The van der Waals surface area contributed by atoms with Crippen LogP contribution in [0.25, 0.3) is 0 Å². The minimum atomic E-state index is 0. The van der Waals surface area contributed by atoms with Crippen molar-refractivity contribution >= 4 is 5.69 Å². The molecule has 4 heteroatoms. The quantitative estimate of drug-likeness (QED) is 0.872. The van der Waals surface area contributed by atoms with E-state index in [1.165, 1.54) is 11.3 Å². The number of hydrogen-bond acceptors (Lipinski definition) is 4. The van der Waals surface area contributed by atoms with E-state index in [0.717, 1.165) is 31.0 Å². The predicted molar refractivity (Wildman–Crippen MR) is 76.1 cm³/mol. The molecule has 1 atom stereocenters. The highest BCUT2D eigenvalue weighted by Crippen LogP contribution is 2.41. The molecule has 1 aliphatic rings. The molecule has 18 heavy (non-hydrogen) atoms. The molecular formula is C14H24N2O2. The number of ether oxygens (including phenoxy) is 2. The summed E-state index contributed by atoms with van der Waals surface area (Å²) >= 11 is 0. The first kappa shape index (κ1) is 13.0. The zero-order valence-electron chi connectivity index (χ0n) is 11.6. The fourth-order valence-corrected chi connectivity index (χ4v) is 2.40. The average molecular weight is 252 g/mol. The first-order chi connectivity index (χ1) is 8.65. The second-order valence-electron chi connectivity index (χ2n) is 4.96. The number of benzene rings is 1. The van der Waals surface area contributed by atoms with Crippen molar-refractivity contribution in [2.45, 2.75) is 12.3 Å². The van der Waals surface area contributed by atoms with E-state index in [1.54, 1.807) is 14.2 Å². The first-order valence-electron chi connectivity index (χ1n) is 6.30. The Morgan fingerprint density at radius 2 is 1.94 bits per heavy atom. The second kappa shape index (κ2) is 5.48. The largest absolute Gasteiger partial charge is 0.493 e. The molecular weight excluding hydrogens is 228 g/mol. The maximum absolute atomic E-state index is 5.37. The SMILES string of the molecule is COc1cc2c(cc1OC)[C@H](CCN(C)C)CN2.[HH]. The standard InChI is InChI=1S/C14H22N2O2.H2/c1-16(2)6-5-10-9-15-12-8-14(18-4)13(17-3)7-11(10)12;/h7-8,10,15H,5-6,9H2,1-4H3;1H/t10-;/m1./s1. The Kier molecular flexibility index (Phi) is 3.97. The molecule has 0 fully saturated rings. The van der Waals surface area contributed by atoms with Crippen LogP contribution >= 0.6 is 0 Å². The lowest BCUT2D eigenvalue weighted by Gasteiger charge is -2.15. The summed E-state index contributed by atoms with van der Waals surface area (Å²) in [6, 6.07) is 4.14. The number of nitrogens with zero attached hydrogens (tertiary/aromatic N) is 1. The van der Waals surface area contributed by atoms with Crippen LogP contribution in [0.4, 0.5) is 5.69 Å². The lowest BCUT2D eigenvalue weighted by molar-refractivity contribution is 0.354. The van der Waals surface area contributed by atoms with Gasteiger partial charge in [0.15, 0.2) is 11.5 Å². The van der Waals surface area contributed by atoms with E-state index < -0.39 is 0 Å². The molecule has 0 bridgehead atoms. The number of methoxy groups -OCH3 is 2. The van der Waals surface area contributed by atoms with Crippen LogP contribution in [0.15, 0.2) is 12.1 Å². The van der Waals surface area contributed by atoms with Crippen molar-refractivity contribution in [1.29, 1.82) is 0 Å². The summed E-state index contributed by atoms with van der Waals surface area (Å²) in [7, 11) is 7.57. The molecule has 2 rings (SSSR count). The molecule has 0 aromatic heterocycles. The normalized spacial score (nSPS) is 17.5. The maximum Gasteiger partial charge on any atom is 0.162 e. The van der Waals surface area contributed by atoms with Gasteiger partial charge in [0.2, 0.25) is 0 Å². The van der Waals surface area contributed by atoms with Gasteiger partial charge >= 0.3 is 0 Å². The van der Waals surface area contributed by atoms with Gasteiger partial charge in [0.25, 0.3) is 0 Å². The Balaban J connectivity index is 0.00000180. The van der Waals surface area contributed by atoms with Crippen LogP contribution in [0.2, 0.25) is 0 Å². The minimum Gasteiger partial charge on any atom is -0.493 e. The van der Waals surface area contributed by atoms with Crippen molar-refractivity contribution < 1.29 is 10.9 Å². The van der Waals surface area contributed by atoms with E-state index in [9.17, 15) is 0 Å². The molecule has 0 spiro atoms. The number of rotatable bonds is 5. The summed E-state index contributed by atoms with van der Waals surface area (Å²) in [5, 5.41) is 3.45. The Bertz CT molecular complexity index is 424. The molecule has 0 unspecified atom stereocenters. The van der Waals surface area contributed by atoms with Crippen molar-refractivity contribution in [1.82, 2.24) is 4.90 Å². The van der Waals surface area contributed by atoms with Crippen LogP contribution in [-0.4, -0.2) is 46.3 Å². The van der Waals surface area contributed by atoms with Crippen molar-refractivity contribution in [3.05, 3.63) is 17.7 Å². The van der Waals surface area contributed by atoms with E-state index in [0.29, 0.717) is 5.92 Å². The van der Waals surface area contributed by atoms with Crippen molar-refractivity contribution in [2.24, 2.45) is 0 Å². The van der Waals surface area contributed by atoms with Crippen LogP contribution in [0.5, 0.6) is 11.5 Å². The number of hydrogen-bond donors (Lipinski definition) is 1. The summed E-state index contributed by atoms with van der Waals surface area (Å²) in [5.41, 5.74) is 2.52. The van der Waals surface area contributed by atoms with Gasteiger partial charge in [-0.1, -0.05) is 0 Å². The van der Waals surface area contributed by atoms with E-state index in [4.69, 9.17) is 9.47 Å². The lowest BCUT2D eigenvalue weighted by Crippen LogP contribution is -2.16. The fraction of sp³-hybridized carbons (Fsp3) is 0.571. The average Bonchev–Trinajstić information content (AvgIpc) is 2.76. The van der Waals surface area contributed by atoms with E-state index in [2.05, 4.69) is 30.4 Å². The van der Waals surface area contributed by atoms with Crippen molar-refractivity contribution in [2.75, 3.05) is 46.7 Å². The second-order valence-corrected chi connectivity index (χ2v) is 4.96. The smallest absolute Gasteiger partial charge is 0.162 e. The summed E-state index contributed by atoms with van der Waals surface area (Å²) in [6.07, 6.45) is 1.16. The first-order valence-corrected chi connectivity index (χ1v) is 6.30. The van der Waals surface area contributed by atoms with Crippen LogP contribution in [0.1, 0.15) is 19.3 Å². The Morgan fingerprint density at radius 1 is 1.28 bits per heavy atom. The Hall–Kier alpha value is -1.42. The van der Waals surface area contributed by atoms with Crippen LogP contribution in [-0.2, 0) is 0 Å². The molecule has 0 saturated heterocycles. The van der Waals surface area contributed by atoms with E-state index in [-0.39, 0.29) is 1.43 Å². The molecule has 1 heterocycles. The number of fused-ring (bicyclic) bond motifs is 1. The van der Waals surface area contributed by atoms with Gasteiger partial charge in [-0.15, -0.1) is 0 Å². The van der Waals surface area contributed by atoms with Crippen molar-refractivity contribution in [3.8, 4) is 11.5 Å². The van der Waals surface area contributed by atoms with Crippen molar-refractivity contribution in [3.63, 3.8) is 0 Å². The fourth-order valence-electron chi connectivity index (χ4n) is 2.40. The van der Waals surface area contributed by atoms with Gasteiger partial charge < -0.3 is 19.7 Å². The van der Waals surface area contributed by atoms with Crippen LogP contribution < -0.4 is 14.8 Å². The molecule has 1 aromatic rings. The van der Waals surface area contributed by atoms with Gasteiger partial charge in [-0.2, -0.15) is 0 Å². The maximum atomic E-state index is 5.37. The summed E-state index contributed by atoms with van der Waals surface area (Å²) in [6.45, 7) is 2.10. The number of nitrogens with one attached hydrogen (secondary N) is 1. The molecule has 1 aliphatic heterocycles. The van der Waals surface area contributed by atoms with Gasteiger partial charge in [0, 0.05) is 25.6 Å². The monoisotopic (exact) mass is 252 g/mol. The zero-order chi connectivity index (χ0) is 13.1. The molecule has 4 nitrogen and oxygen atoms in total. The minimum absolute atomic E-state index is 0. The van der Waals surface area contributed by atoms with E-state index >= 15 is 0 Å². The molecule has 0 amide bonds. The highest BCUT2D eigenvalue weighted by molar-refractivity contribution is 5.65. The molecule has 0 saturated carbocycles. The Morgan fingerprint density at radius 3 is 2.56 bits per heavy atom. The summed E-state index contributed by atoms with van der Waals surface area (Å²) in [5.74, 6) is 2.16.